The molecular weight excluding hydrogens is 544 g/mol. The number of methoxy groups -OCH3 is 2. The third kappa shape index (κ3) is 6.32. The molecule has 0 aliphatic carbocycles. The number of hydrogen-bond donors (Lipinski definition) is 1. The molecule has 3 heterocycles. The number of carbonyl (C=O) groups is 1. The first-order chi connectivity index (χ1) is 19.6. The van der Waals surface area contributed by atoms with Crippen molar-refractivity contribution in [1.29, 1.82) is 0 Å². The molecular formula is C29H28N6O3S2. The van der Waals surface area contributed by atoms with Crippen molar-refractivity contribution in [3.05, 3.63) is 94.2 Å². The third-order valence-corrected chi connectivity index (χ3v) is 8.09. The number of benzene rings is 2. The molecule has 0 atom stereocenters. The minimum atomic E-state index is -0.198. The Morgan fingerprint density at radius 3 is 2.52 bits per heavy atom. The Hall–Kier alpha value is -4.22. The molecule has 0 fully saturated rings. The molecule has 11 heteroatoms. The fraction of sp³-hybridized carbons (Fsp3) is 0.207. The van der Waals surface area contributed by atoms with Crippen LogP contribution in [0.15, 0.2) is 77.5 Å². The molecule has 0 saturated heterocycles. The van der Waals surface area contributed by atoms with E-state index in [0.29, 0.717) is 35.9 Å². The van der Waals surface area contributed by atoms with Crippen molar-refractivity contribution in [3.63, 3.8) is 0 Å². The summed E-state index contributed by atoms with van der Waals surface area (Å²) in [4.78, 5) is 21.4. The Morgan fingerprint density at radius 1 is 1.00 bits per heavy atom. The molecule has 0 bridgehead atoms. The number of nitrogens with zero attached hydrogens (tertiary/aromatic N) is 5. The minimum absolute atomic E-state index is 0.198. The second-order valence-electron chi connectivity index (χ2n) is 8.82. The van der Waals surface area contributed by atoms with E-state index in [4.69, 9.17) is 9.47 Å². The number of aromatic nitrogens is 5. The highest BCUT2D eigenvalue weighted by atomic mass is 32.2. The van der Waals surface area contributed by atoms with E-state index in [9.17, 15) is 4.79 Å². The van der Waals surface area contributed by atoms with Crippen LogP contribution in [0, 0.1) is 6.92 Å². The number of ether oxygens (including phenoxy) is 2. The van der Waals surface area contributed by atoms with Gasteiger partial charge in [-0.2, -0.15) is 0 Å². The smallest absolute Gasteiger partial charge is 0.270 e. The van der Waals surface area contributed by atoms with Gasteiger partial charge in [-0.25, -0.2) is 4.98 Å². The van der Waals surface area contributed by atoms with Gasteiger partial charge < -0.3 is 14.8 Å². The van der Waals surface area contributed by atoms with Crippen LogP contribution < -0.4 is 14.8 Å². The summed E-state index contributed by atoms with van der Waals surface area (Å²) in [5.74, 6) is 2.44. The van der Waals surface area contributed by atoms with Crippen LogP contribution >= 0.6 is 23.1 Å². The van der Waals surface area contributed by atoms with Crippen LogP contribution in [0.3, 0.4) is 0 Å². The zero-order chi connectivity index (χ0) is 27.9. The number of hydrogen-bond acceptors (Lipinski definition) is 9. The van der Waals surface area contributed by atoms with Crippen molar-refractivity contribution < 1.29 is 14.3 Å². The van der Waals surface area contributed by atoms with Gasteiger partial charge >= 0.3 is 0 Å². The van der Waals surface area contributed by atoms with Gasteiger partial charge in [-0.05, 0) is 55.3 Å². The molecule has 0 spiro atoms. The molecule has 0 unspecified atom stereocenters. The van der Waals surface area contributed by atoms with E-state index in [1.807, 2.05) is 34.9 Å². The summed E-state index contributed by atoms with van der Waals surface area (Å²) in [6.45, 7) is 2.54. The molecule has 0 saturated carbocycles. The largest absolute Gasteiger partial charge is 0.493 e. The lowest BCUT2D eigenvalue weighted by molar-refractivity contribution is 0.0949. The van der Waals surface area contributed by atoms with Crippen molar-refractivity contribution in [2.45, 2.75) is 24.3 Å². The summed E-state index contributed by atoms with van der Waals surface area (Å²) in [6.07, 6.45) is 4.14. The fourth-order valence-electron chi connectivity index (χ4n) is 4.03. The average Bonchev–Trinajstić information content (AvgIpc) is 3.64. The van der Waals surface area contributed by atoms with E-state index in [1.165, 1.54) is 28.7 Å². The van der Waals surface area contributed by atoms with Crippen LogP contribution in [0.5, 0.6) is 11.5 Å². The minimum Gasteiger partial charge on any atom is -0.493 e. The topological polar surface area (TPSA) is 104 Å². The van der Waals surface area contributed by atoms with Crippen molar-refractivity contribution >= 4 is 29.0 Å². The molecule has 0 radical (unpaired) electrons. The van der Waals surface area contributed by atoms with Crippen molar-refractivity contribution in [2.24, 2.45) is 0 Å². The van der Waals surface area contributed by atoms with E-state index in [0.717, 1.165) is 32.8 Å². The number of carbonyl (C=O) groups excluding carboxylic acids is 1. The number of nitrogens with one attached hydrogen (secondary N) is 1. The van der Waals surface area contributed by atoms with Crippen molar-refractivity contribution in [2.75, 3.05) is 20.8 Å². The molecule has 204 valence electrons. The van der Waals surface area contributed by atoms with Gasteiger partial charge in [0.1, 0.15) is 10.7 Å². The molecule has 5 rings (SSSR count). The van der Waals surface area contributed by atoms with Gasteiger partial charge in [0, 0.05) is 35.6 Å². The SMILES string of the molecule is COc1ccc(CCNC(=O)c2csc(CSc3nnc(-c4ccncc4)n3-c3ccc(C)cc3)n2)cc1OC. The van der Waals surface area contributed by atoms with Gasteiger partial charge in [0.25, 0.3) is 5.91 Å². The maximum atomic E-state index is 12.7. The summed E-state index contributed by atoms with van der Waals surface area (Å²) in [7, 11) is 3.21. The van der Waals surface area contributed by atoms with E-state index in [2.05, 4.69) is 56.7 Å². The van der Waals surface area contributed by atoms with Gasteiger partial charge in [0.2, 0.25) is 0 Å². The van der Waals surface area contributed by atoms with Crippen LogP contribution in [-0.4, -0.2) is 51.4 Å². The average molecular weight is 573 g/mol. The Morgan fingerprint density at radius 2 is 1.77 bits per heavy atom. The van der Waals surface area contributed by atoms with Gasteiger partial charge in [-0.3, -0.25) is 14.3 Å². The van der Waals surface area contributed by atoms with Gasteiger partial charge in [0.15, 0.2) is 22.5 Å². The van der Waals surface area contributed by atoms with Crippen LogP contribution in [0.2, 0.25) is 0 Å². The normalized spacial score (nSPS) is 10.9. The molecule has 5 aromatic rings. The second kappa shape index (κ2) is 12.8. The highest BCUT2D eigenvalue weighted by Crippen LogP contribution is 2.31. The first-order valence-electron chi connectivity index (χ1n) is 12.5. The first-order valence-corrected chi connectivity index (χ1v) is 14.4. The van der Waals surface area contributed by atoms with Crippen LogP contribution in [0.25, 0.3) is 17.1 Å². The summed E-state index contributed by atoms with van der Waals surface area (Å²) in [5, 5.41) is 15.3. The van der Waals surface area contributed by atoms with Gasteiger partial charge in [-0.15, -0.1) is 21.5 Å². The molecule has 1 amide bonds. The van der Waals surface area contributed by atoms with Crippen molar-refractivity contribution in [1.82, 2.24) is 30.0 Å². The van der Waals surface area contributed by atoms with Gasteiger partial charge in [-0.1, -0.05) is 35.5 Å². The second-order valence-corrected chi connectivity index (χ2v) is 10.7. The van der Waals surface area contributed by atoms with E-state index in [1.54, 1.807) is 32.0 Å². The summed E-state index contributed by atoms with van der Waals surface area (Å²) in [5.41, 5.74) is 4.52. The predicted molar refractivity (Wildman–Crippen MR) is 157 cm³/mol. The number of thiazole rings is 1. The van der Waals surface area contributed by atoms with Crippen LogP contribution in [0.4, 0.5) is 0 Å². The predicted octanol–water partition coefficient (Wildman–Crippen LogP) is 5.38. The number of amides is 1. The molecule has 40 heavy (non-hydrogen) atoms. The zero-order valence-corrected chi connectivity index (χ0v) is 24.0. The maximum absolute atomic E-state index is 12.7. The van der Waals surface area contributed by atoms with Crippen molar-refractivity contribution in [3.8, 4) is 28.6 Å². The number of pyridine rings is 1. The summed E-state index contributed by atoms with van der Waals surface area (Å²) >= 11 is 2.98. The van der Waals surface area contributed by atoms with Gasteiger partial charge in [0.05, 0.1) is 20.0 Å². The molecule has 1 N–H and O–H groups in total. The van der Waals surface area contributed by atoms with E-state index in [-0.39, 0.29) is 5.91 Å². The quantitative estimate of drug-likeness (QED) is 0.211. The summed E-state index contributed by atoms with van der Waals surface area (Å²) in [6, 6.07) is 17.8. The Balaban J connectivity index is 1.23. The molecule has 3 aromatic heterocycles. The number of thioether (sulfide) groups is 1. The Bertz CT molecular complexity index is 1590. The lowest BCUT2D eigenvalue weighted by Crippen LogP contribution is -2.26. The molecule has 0 aliphatic rings. The van der Waals surface area contributed by atoms with Crippen LogP contribution in [-0.2, 0) is 12.2 Å². The summed E-state index contributed by atoms with van der Waals surface area (Å²) < 4.78 is 12.7. The maximum Gasteiger partial charge on any atom is 0.270 e. The standard InChI is InChI=1S/C29H28N6O3S2/c1-19-4-7-22(8-5-19)35-27(21-11-13-30-14-12-21)33-34-29(35)40-18-26-32-23(17-39-26)28(36)31-15-10-20-6-9-24(37-2)25(16-20)38-3/h4-9,11-14,16-17H,10,15,18H2,1-3H3,(H,31,36). The zero-order valence-electron chi connectivity index (χ0n) is 22.3. The molecule has 9 nitrogen and oxygen atoms in total. The number of aryl methyl sites for hydroxylation is 1. The Kier molecular flexibility index (Phi) is 8.72. The first kappa shape index (κ1) is 27.4. The molecule has 2 aromatic carbocycles. The fourth-order valence-corrected chi connectivity index (χ4v) is 5.78. The Labute approximate surface area is 240 Å². The molecule has 0 aliphatic heterocycles. The van der Waals surface area contributed by atoms with E-state index >= 15 is 0 Å². The van der Waals surface area contributed by atoms with E-state index < -0.39 is 0 Å². The monoisotopic (exact) mass is 572 g/mol. The highest BCUT2D eigenvalue weighted by molar-refractivity contribution is 7.98. The lowest BCUT2D eigenvalue weighted by atomic mass is 10.1. The van der Waals surface area contributed by atoms with Crippen LogP contribution in [0.1, 0.15) is 26.6 Å². The lowest BCUT2D eigenvalue weighted by Gasteiger charge is -2.10. The number of rotatable bonds is 11. The third-order valence-electron chi connectivity index (χ3n) is 6.12. The highest BCUT2D eigenvalue weighted by Gasteiger charge is 2.18.